The Morgan fingerprint density at radius 1 is 1.18 bits per heavy atom. The molecule has 0 bridgehead atoms. The summed E-state index contributed by atoms with van der Waals surface area (Å²) in [7, 11) is -4.25. The van der Waals surface area contributed by atoms with E-state index in [0.717, 1.165) is 0 Å². The van der Waals surface area contributed by atoms with Crippen molar-refractivity contribution in [2.45, 2.75) is 23.8 Å². The van der Waals surface area contributed by atoms with Gasteiger partial charge < -0.3 is 14.4 Å². The average molecular weight is 323 g/mol. The van der Waals surface area contributed by atoms with Gasteiger partial charge in [-0.05, 0) is 17.7 Å². The van der Waals surface area contributed by atoms with Crippen LogP contribution in [-0.4, -0.2) is 43.4 Å². The lowest BCUT2D eigenvalue weighted by Gasteiger charge is -2.33. The molecule has 0 aromatic heterocycles. The molecule has 2 heterocycles. The van der Waals surface area contributed by atoms with Crippen LogP contribution in [0, 0.1) is 0 Å². The topological polar surface area (TPSA) is 76.1 Å². The van der Waals surface area contributed by atoms with Gasteiger partial charge in [0.2, 0.25) is 0 Å². The molecule has 2 aliphatic heterocycles. The third-order valence-electron chi connectivity index (χ3n) is 3.61. The predicted molar refractivity (Wildman–Crippen MR) is 79.6 cm³/mol. The molecule has 1 N–H and O–H groups in total. The minimum Gasteiger partial charge on any atom is -0.362 e. The first-order chi connectivity index (χ1) is 10.6. The van der Waals surface area contributed by atoms with Crippen LogP contribution in [0.15, 0.2) is 53.6 Å². The van der Waals surface area contributed by atoms with Crippen LogP contribution >= 0.6 is 0 Å². The maximum Gasteiger partial charge on any atom is 0.294 e. The molecular formula is C15H17NO5S. The van der Waals surface area contributed by atoms with Gasteiger partial charge in [-0.1, -0.05) is 30.4 Å². The largest absolute Gasteiger partial charge is 0.362 e. The van der Waals surface area contributed by atoms with E-state index in [0.29, 0.717) is 25.3 Å². The summed E-state index contributed by atoms with van der Waals surface area (Å²) in [6, 6.07) is 6.26. The van der Waals surface area contributed by atoms with Crippen LogP contribution in [0.25, 0.3) is 0 Å². The van der Waals surface area contributed by atoms with E-state index in [1.54, 1.807) is 18.2 Å². The van der Waals surface area contributed by atoms with Gasteiger partial charge in [0.25, 0.3) is 10.1 Å². The van der Waals surface area contributed by atoms with Crippen LogP contribution in [0.1, 0.15) is 5.56 Å². The van der Waals surface area contributed by atoms with Gasteiger partial charge in [-0.25, -0.2) is 0 Å². The summed E-state index contributed by atoms with van der Waals surface area (Å²) >= 11 is 0. The first kappa shape index (κ1) is 15.2. The molecule has 1 atom stereocenters. The third kappa shape index (κ3) is 3.22. The van der Waals surface area contributed by atoms with Crippen molar-refractivity contribution in [2.75, 3.05) is 13.2 Å². The van der Waals surface area contributed by atoms with Gasteiger partial charge in [0.1, 0.15) is 0 Å². The highest BCUT2D eigenvalue weighted by Gasteiger charge is 2.30. The second kappa shape index (κ2) is 6.21. The Morgan fingerprint density at radius 3 is 2.64 bits per heavy atom. The zero-order valence-corrected chi connectivity index (χ0v) is 12.6. The first-order valence-corrected chi connectivity index (χ1v) is 8.39. The predicted octanol–water partition coefficient (Wildman–Crippen LogP) is 1.56. The standard InChI is InChI=1S/C15H17NO5S/c17-22(18,19)14-7-2-1-5-12(14)11-16-8-4-3-6-13(16)15-20-9-10-21-15/h1-8,13,15H,9-11H2,(H,17,18,19). The molecule has 1 saturated heterocycles. The van der Waals surface area contributed by atoms with E-state index in [1.165, 1.54) is 6.07 Å². The highest BCUT2D eigenvalue weighted by molar-refractivity contribution is 7.85. The van der Waals surface area contributed by atoms with Crippen LogP contribution in [0.3, 0.4) is 0 Å². The van der Waals surface area contributed by atoms with Crippen molar-refractivity contribution in [3.63, 3.8) is 0 Å². The molecule has 1 unspecified atom stereocenters. The van der Waals surface area contributed by atoms with Gasteiger partial charge in [0.15, 0.2) is 6.29 Å². The van der Waals surface area contributed by atoms with E-state index in [1.807, 2.05) is 29.3 Å². The Morgan fingerprint density at radius 2 is 1.91 bits per heavy atom. The van der Waals surface area contributed by atoms with Crippen LogP contribution < -0.4 is 0 Å². The summed E-state index contributed by atoms with van der Waals surface area (Å²) in [5.41, 5.74) is 0.521. The van der Waals surface area contributed by atoms with E-state index in [9.17, 15) is 13.0 Å². The average Bonchev–Trinajstić information content (AvgIpc) is 3.01. The van der Waals surface area contributed by atoms with Gasteiger partial charge in [-0.2, -0.15) is 8.42 Å². The molecule has 2 aliphatic rings. The number of hydrogen-bond donors (Lipinski definition) is 1. The molecule has 1 fully saturated rings. The van der Waals surface area contributed by atoms with Crippen molar-refractivity contribution in [2.24, 2.45) is 0 Å². The van der Waals surface area contributed by atoms with Crippen LogP contribution in [0.5, 0.6) is 0 Å². The maximum atomic E-state index is 11.5. The quantitative estimate of drug-likeness (QED) is 0.848. The van der Waals surface area contributed by atoms with Gasteiger partial charge in [-0.3, -0.25) is 4.55 Å². The smallest absolute Gasteiger partial charge is 0.294 e. The van der Waals surface area contributed by atoms with Gasteiger partial charge >= 0.3 is 0 Å². The van der Waals surface area contributed by atoms with E-state index < -0.39 is 10.1 Å². The summed E-state index contributed by atoms with van der Waals surface area (Å²) in [6.07, 6.45) is 7.20. The van der Waals surface area contributed by atoms with E-state index in [-0.39, 0.29) is 17.2 Å². The number of rotatable bonds is 4. The number of allylic oxidation sites excluding steroid dienone is 2. The molecule has 118 valence electrons. The molecule has 0 amide bonds. The lowest BCUT2D eigenvalue weighted by molar-refractivity contribution is -0.0790. The van der Waals surface area contributed by atoms with Crippen LogP contribution in [-0.2, 0) is 26.1 Å². The minimum atomic E-state index is -4.25. The number of nitrogens with zero attached hydrogens (tertiary/aromatic N) is 1. The molecule has 0 saturated carbocycles. The van der Waals surface area contributed by atoms with Gasteiger partial charge in [0.05, 0.1) is 24.2 Å². The molecule has 6 nitrogen and oxygen atoms in total. The third-order valence-corrected chi connectivity index (χ3v) is 4.56. The Hall–Kier alpha value is -1.67. The van der Waals surface area contributed by atoms with Gasteiger partial charge in [0, 0.05) is 12.7 Å². The number of ether oxygens (including phenoxy) is 2. The Kier molecular flexibility index (Phi) is 4.30. The van der Waals surface area contributed by atoms with E-state index in [4.69, 9.17) is 9.47 Å². The molecule has 0 spiro atoms. The highest BCUT2D eigenvalue weighted by atomic mass is 32.2. The second-order valence-corrected chi connectivity index (χ2v) is 6.47. The van der Waals surface area contributed by atoms with E-state index >= 15 is 0 Å². The summed E-state index contributed by atoms with van der Waals surface area (Å²) in [5.74, 6) is 0. The first-order valence-electron chi connectivity index (χ1n) is 6.95. The zero-order chi connectivity index (χ0) is 15.6. The summed E-state index contributed by atoms with van der Waals surface area (Å²) in [4.78, 5) is 1.85. The number of benzene rings is 1. The molecule has 0 aliphatic carbocycles. The Labute approximate surface area is 129 Å². The van der Waals surface area contributed by atoms with Crippen molar-refractivity contribution in [3.8, 4) is 0 Å². The normalized spacial score (nSPS) is 22.4. The zero-order valence-electron chi connectivity index (χ0n) is 11.8. The van der Waals surface area contributed by atoms with Crippen LogP contribution in [0.4, 0.5) is 0 Å². The Balaban J connectivity index is 1.85. The van der Waals surface area contributed by atoms with Crippen molar-refractivity contribution in [1.29, 1.82) is 0 Å². The van der Waals surface area contributed by atoms with Gasteiger partial charge in [-0.15, -0.1) is 0 Å². The number of hydrogen-bond acceptors (Lipinski definition) is 5. The fourth-order valence-corrected chi connectivity index (χ4v) is 3.32. The molecule has 1 aromatic carbocycles. The molecule has 7 heteroatoms. The molecule has 3 rings (SSSR count). The SMILES string of the molecule is O=S(=O)(O)c1ccccc1CN1C=CC=CC1C1OCCO1. The summed E-state index contributed by atoms with van der Waals surface area (Å²) in [6.45, 7) is 1.42. The molecule has 22 heavy (non-hydrogen) atoms. The molecule has 1 aromatic rings. The van der Waals surface area contributed by atoms with Crippen molar-refractivity contribution in [3.05, 3.63) is 54.3 Å². The fraction of sp³-hybridized carbons (Fsp3) is 0.333. The minimum absolute atomic E-state index is 0.0787. The second-order valence-electron chi connectivity index (χ2n) is 5.08. The fourth-order valence-electron chi connectivity index (χ4n) is 2.61. The summed E-state index contributed by atoms with van der Waals surface area (Å²) < 4.78 is 43.4. The van der Waals surface area contributed by atoms with Crippen molar-refractivity contribution < 1.29 is 22.4 Å². The van der Waals surface area contributed by atoms with E-state index in [2.05, 4.69) is 0 Å². The summed E-state index contributed by atoms with van der Waals surface area (Å²) in [5, 5.41) is 0. The monoisotopic (exact) mass is 323 g/mol. The lowest BCUT2D eigenvalue weighted by Crippen LogP contribution is -2.40. The molecule has 0 radical (unpaired) electrons. The lowest BCUT2D eigenvalue weighted by atomic mass is 10.1. The van der Waals surface area contributed by atoms with Crippen molar-refractivity contribution >= 4 is 10.1 Å². The molecular weight excluding hydrogens is 306 g/mol. The maximum absolute atomic E-state index is 11.5. The Bertz CT molecular complexity index is 692. The van der Waals surface area contributed by atoms with Crippen molar-refractivity contribution in [1.82, 2.24) is 4.90 Å². The highest BCUT2D eigenvalue weighted by Crippen LogP contribution is 2.24. The van der Waals surface area contributed by atoms with Crippen LogP contribution in [0.2, 0.25) is 0 Å².